The Labute approximate surface area is 261 Å². The van der Waals surface area contributed by atoms with E-state index in [1.165, 1.54) is 4.68 Å². The lowest BCUT2D eigenvalue weighted by Crippen LogP contribution is -2.16. The predicted octanol–water partition coefficient (Wildman–Crippen LogP) is 5.92. The lowest BCUT2D eigenvalue weighted by atomic mass is 9.97. The van der Waals surface area contributed by atoms with Crippen LogP contribution in [0.4, 0.5) is 17.1 Å². The van der Waals surface area contributed by atoms with Gasteiger partial charge in [-0.05, 0) is 81.1 Å². The number of rotatable bonds is 11. The molecule has 3 aromatic carbocycles. The quantitative estimate of drug-likeness (QED) is 0.124. The molecule has 10 heteroatoms. The highest BCUT2D eigenvalue weighted by Gasteiger charge is 2.30. The summed E-state index contributed by atoms with van der Waals surface area (Å²) in [6, 6.07) is 21.2. The molecule has 1 unspecified atom stereocenters. The van der Waals surface area contributed by atoms with Crippen molar-refractivity contribution in [3.05, 3.63) is 106 Å². The van der Waals surface area contributed by atoms with Crippen LogP contribution in [0.25, 0.3) is 0 Å². The van der Waals surface area contributed by atoms with Gasteiger partial charge in [0.1, 0.15) is 11.6 Å². The third-order valence-corrected chi connectivity index (χ3v) is 7.33. The second kappa shape index (κ2) is 13.5. The van der Waals surface area contributed by atoms with Crippen molar-refractivity contribution in [2.75, 3.05) is 10.6 Å². The van der Waals surface area contributed by atoms with Crippen LogP contribution in [0.5, 0.6) is 0 Å². The fourth-order valence-electron chi connectivity index (χ4n) is 5.17. The van der Waals surface area contributed by atoms with E-state index < -0.39 is 5.92 Å². The Morgan fingerprint density at radius 1 is 1.04 bits per heavy atom. The fraction of sp³-hybridized carbons (Fsp3) is 0.257. The number of aromatic nitrogens is 2. The first-order valence-electron chi connectivity index (χ1n) is 14.8. The van der Waals surface area contributed by atoms with Gasteiger partial charge in [-0.25, -0.2) is 0 Å². The van der Waals surface area contributed by atoms with Crippen LogP contribution < -0.4 is 10.6 Å². The number of ether oxygens (including phenoxy) is 1. The molecule has 0 saturated heterocycles. The van der Waals surface area contributed by atoms with Gasteiger partial charge in [0.2, 0.25) is 5.91 Å². The number of carbonyl (C=O) groups excluding carboxylic acids is 4. The fourth-order valence-corrected chi connectivity index (χ4v) is 5.17. The molecule has 2 amide bonds. The lowest BCUT2D eigenvalue weighted by molar-refractivity contribution is -0.147. The highest BCUT2D eigenvalue weighted by Crippen LogP contribution is 2.33. The van der Waals surface area contributed by atoms with Gasteiger partial charge in [0, 0.05) is 42.2 Å². The van der Waals surface area contributed by atoms with Gasteiger partial charge in [-0.1, -0.05) is 36.4 Å². The summed E-state index contributed by atoms with van der Waals surface area (Å²) in [7, 11) is 1.70. The SMILES string of the molecule is Cc1cc(C(=O)Nc2cccc(C(=O)c3ccc4c(c3)NC(=O)C4C=Nc3ccc(CCCC(=O)OC(C)C)cc3)c2)n(C)n1. The van der Waals surface area contributed by atoms with Crippen molar-refractivity contribution >= 4 is 46.8 Å². The third kappa shape index (κ3) is 7.59. The van der Waals surface area contributed by atoms with Gasteiger partial charge >= 0.3 is 5.97 Å². The molecule has 0 bridgehead atoms. The highest BCUT2D eigenvalue weighted by molar-refractivity contribution is 6.15. The van der Waals surface area contributed by atoms with E-state index in [9.17, 15) is 19.2 Å². The minimum atomic E-state index is -0.593. The van der Waals surface area contributed by atoms with Gasteiger partial charge in [-0.2, -0.15) is 5.10 Å². The maximum atomic E-state index is 13.4. The minimum Gasteiger partial charge on any atom is -0.463 e. The molecule has 1 aliphatic heterocycles. The molecule has 2 N–H and O–H groups in total. The third-order valence-electron chi connectivity index (χ3n) is 7.33. The minimum absolute atomic E-state index is 0.110. The second-order valence-electron chi connectivity index (χ2n) is 11.3. The number of anilines is 2. The summed E-state index contributed by atoms with van der Waals surface area (Å²) in [5.74, 6) is -1.58. The Balaban J connectivity index is 1.22. The number of aryl methyl sites for hydroxylation is 3. The first kappa shape index (κ1) is 31.1. The van der Waals surface area contributed by atoms with E-state index in [1.807, 2.05) is 45.0 Å². The average molecular weight is 606 g/mol. The zero-order chi connectivity index (χ0) is 32.1. The van der Waals surface area contributed by atoms with Crippen LogP contribution in [0.3, 0.4) is 0 Å². The first-order chi connectivity index (χ1) is 21.6. The summed E-state index contributed by atoms with van der Waals surface area (Å²) < 4.78 is 6.67. The normalized spacial score (nSPS) is 14.0. The molecule has 0 spiro atoms. The van der Waals surface area contributed by atoms with Gasteiger partial charge in [0.05, 0.1) is 17.5 Å². The maximum Gasteiger partial charge on any atom is 0.306 e. The number of amides is 2. The monoisotopic (exact) mass is 605 g/mol. The molecule has 230 valence electrons. The lowest BCUT2D eigenvalue weighted by Gasteiger charge is -2.09. The van der Waals surface area contributed by atoms with Crippen molar-refractivity contribution in [3.63, 3.8) is 0 Å². The number of esters is 1. The van der Waals surface area contributed by atoms with E-state index in [2.05, 4.69) is 20.7 Å². The predicted molar refractivity (Wildman–Crippen MR) is 172 cm³/mol. The van der Waals surface area contributed by atoms with E-state index >= 15 is 0 Å². The molecule has 5 rings (SSSR count). The summed E-state index contributed by atoms with van der Waals surface area (Å²) in [5, 5.41) is 9.88. The number of carbonyl (C=O) groups is 4. The molecule has 0 fully saturated rings. The van der Waals surface area contributed by atoms with Crippen molar-refractivity contribution < 1.29 is 23.9 Å². The molecule has 1 aliphatic rings. The van der Waals surface area contributed by atoms with Crippen LogP contribution in [-0.4, -0.2) is 45.7 Å². The molecule has 0 saturated carbocycles. The Bertz CT molecular complexity index is 1790. The summed E-state index contributed by atoms with van der Waals surface area (Å²) in [6.07, 6.45) is 3.32. The van der Waals surface area contributed by atoms with Gasteiger partial charge in [-0.15, -0.1) is 0 Å². The van der Waals surface area contributed by atoms with Crippen LogP contribution >= 0.6 is 0 Å². The van der Waals surface area contributed by atoms with Crippen molar-refractivity contribution in [1.29, 1.82) is 0 Å². The maximum absolute atomic E-state index is 13.4. The smallest absolute Gasteiger partial charge is 0.306 e. The van der Waals surface area contributed by atoms with Gasteiger partial charge < -0.3 is 15.4 Å². The van der Waals surface area contributed by atoms with E-state index in [-0.39, 0.29) is 29.7 Å². The van der Waals surface area contributed by atoms with Crippen molar-refractivity contribution in [3.8, 4) is 0 Å². The second-order valence-corrected chi connectivity index (χ2v) is 11.3. The standard InChI is InChI=1S/C35H35N5O5/c1-21(2)45-32(41)10-5-7-23-11-14-26(15-12-23)36-20-29-28-16-13-25(19-30(28)38-34(29)43)33(42)24-8-6-9-27(18-24)37-35(44)31-17-22(3)39-40(31)4/h6,8-9,11-21,29H,5,7,10H2,1-4H3,(H,37,44)(H,38,43). The zero-order valence-corrected chi connectivity index (χ0v) is 25.7. The van der Waals surface area contributed by atoms with Gasteiger partial charge in [-0.3, -0.25) is 28.9 Å². The van der Waals surface area contributed by atoms with Gasteiger partial charge in [0.25, 0.3) is 5.91 Å². The Morgan fingerprint density at radius 3 is 2.51 bits per heavy atom. The highest BCUT2D eigenvalue weighted by atomic mass is 16.5. The van der Waals surface area contributed by atoms with Crippen LogP contribution in [-0.2, 0) is 27.8 Å². The number of aliphatic imine (C=N–C) groups is 1. The molecule has 1 aromatic heterocycles. The number of hydrogen-bond donors (Lipinski definition) is 2. The molecule has 4 aromatic rings. The van der Waals surface area contributed by atoms with Crippen molar-refractivity contribution in [2.24, 2.45) is 12.0 Å². The molecule has 2 heterocycles. The van der Waals surface area contributed by atoms with Crippen LogP contribution in [0.1, 0.15) is 75.8 Å². The van der Waals surface area contributed by atoms with E-state index in [1.54, 1.807) is 61.8 Å². The molecule has 10 nitrogen and oxygen atoms in total. The average Bonchev–Trinajstić information content (AvgIpc) is 3.51. The Hall–Kier alpha value is -5.38. The Kier molecular flexibility index (Phi) is 9.32. The number of nitrogens with one attached hydrogen (secondary N) is 2. The molecule has 45 heavy (non-hydrogen) atoms. The van der Waals surface area contributed by atoms with Crippen LogP contribution in [0.15, 0.2) is 77.8 Å². The van der Waals surface area contributed by atoms with Crippen molar-refractivity contribution in [2.45, 2.75) is 52.1 Å². The molecule has 1 atom stereocenters. The van der Waals surface area contributed by atoms with E-state index in [0.29, 0.717) is 46.7 Å². The number of nitrogens with zero attached hydrogens (tertiary/aromatic N) is 3. The van der Waals surface area contributed by atoms with Crippen LogP contribution in [0, 0.1) is 6.92 Å². The molecule has 0 aliphatic carbocycles. The summed E-state index contributed by atoms with van der Waals surface area (Å²) in [5.41, 5.74) is 5.51. The van der Waals surface area contributed by atoms with Crippen molar-refractivity contribution in [1.82, 2.24) is 9.78 Å². The summed E-state index contributed by atoms with van der Waals surface area (Å²) >= 11 is 0. The number of benzene rings is 3. The molecular weight excluding hydrogens is 570 g/mol. The summed E-state index contributed by atoms with van der Waals surface area (Å²) in [6.45, 7) is 5.48. The van der Waals surface area contributed by atoms with Gasteiger partial charge in [0.15, 0.2) is 5.78 Å². The topological polar surface area (TPSA) is 132 Å². The van der Waals surface area contributed by atoms with E-state index in [4.69, 9.17) is 4.74 Å². The molecule has 0 radical (unpaired) electrons. The number of fused-ring (bicyclic) bond motifs is 1. The van der Waals surface area contributed by atoms with E-state index in [0.717, 1.165) is 23.2 Å². The van der Waals surface area contributed by atoms with Crippen LogP contribution in [0.2, 0.25) is 0 Å². The Morgan fingerprint density at radius 2 is 1.80 bits per heavy atom. The largest absolute Gasteiger partial charge is 0.463 e. The number of ketones is 1. The number of hydrogen-bond acceptors (Lipinski definition) is 7. The molecular formula is C35H35N5O5. The zero-order valence-electron chi connectivity index (χ0n) is 25.7. The summed E-state index contributed by atoms with van der Waals surface area (Å²) in [4.78, 5) is 55.1. The first-order valence-corrected chi connectivity index (χ1v) is 14.8.